The maximum atomic E-state index is 9.60. The van der Waals surface area contributed by atoms with Gasteiger partial charge in [-0.3, -0.25) is 4.98 Å². The number of pyridine rings is 1. The zero-order chi connectivity index (χ0) is 15.1. The topological polar surface area (TPSA) is 66.1 Å². The average molecular weight is 282 g/mol. The van der Waals surface area contributed by atoms with E-state index in [1.807, 2.05) is 36.4 Å². The SMILES string of the molecule is COc1cccnc1[C@H](CCO)[C@H](C#N)c1ccccc1. The minimum atomic E-state index is -0.373. The van der Waals surface area contributed by atoms with E-state index < -0.39 is 0 Å². The monoisotopic (exact) mass is 282 g/mol. The first-order valence-electron chi connectivity index (χ1n) is 6.86. The summed E-state index contributed by atoms with van der Waals surface area (Å²) in [5, 5.41) is 19.0. The third-order valence-corrected chi connectivity index (χ3v) is 3.51. The van der Waals surface area contributed by atoms with Gasteiger partial charge in [0.1, 0.15) is 5.75 Å². The van der Waals surface area contributed by atoms with Crippen molar-refractivity contribution in [3.05, 3.63) is 59.9 Å². The summed E-state index contributed by atoms with van der Waals surface area (Å²) in [6.07, 6.45) is 2.14. The second-order valence-electron chi connectivity index (χ2n) is 4.73. The van der Waals surface area contributed by atoms with Crippen LogP contribution >= 0.6 is 0 Å². The largest absolute Gasteiger partial charge is 0.495 e. The van der Waals surface area contributed by atoms with Crippen LogP contribution in [-0.2, 0) is 0 Å². The lowest BCUT2D eigenvalue weighted by molar-refractivity contribution is 0.269. The highest BCUT2D eigenvalue weighted by Crippen LogP contribution is 2.37. The molecule has 0 saturated carbocycles. The number of aromatic nitrogens is 1. The number of nitrogens with zero attached hydrogens (tertiary/aromatic N) is 2. The van der Waals surface area contributed by atoms with Crippen molar-refractivity contribution in [1.29, 1.82) is 5.26 Å². The standard InChI is InChI=1S/C17H18N2O2/c1-21-16-8-5-10-19-17(16)14(9-11-20)15(12-18)13-6-3-2-4-7-13/h2-8,10,14-15,20H,9,11H2,1H3/t14-,15-/m1/s1. The molecule has 4 nitrogen and oxygen atoms in total. The maximum absolute atomic E-state index is 9.60. The maximum Gasteiger partial charge on any atom is 0.140 e. The number of aliphatic hydroxyl groups excluding tert-OH is 1. The molecule has 0 saturated heterocycles. The molecule has 2 atom stereocenters. The summed E-state index contributed by atoms with van der Waals surface area (Å²) in [6, 6.07) is 15.5. The lowest BCUT2D eigenvalue weighted by Crippen LogP contribution is -2.14. The number of hydrogen-bond donors (Lipinski definition) is 1. The average Bonchev–Trinajstić information content (AvgIpc) is 2.55. The van der Waals surface area contributed by atoms with Crippen molar-refractivity contribution in [1.82, 2.24) is 4.98 Å². The molecule has 1 aromatic heterocycles. The van der Waals surface area contributed by atoms with Gasteiger partial charge in [0.2, 0.25) is 0 Å². The van der Waals surface area contributed by atoms with Gasteiger partial charge in [0.25, 0.3) is 0 Å². The van der Waals surface area contributed by atoms with Crippen LogP contribution in [0.1, 0.15) is 29.5 Å². The summed E-state index contributed by atoms with van der Waals surface area (Å²) in [5.41, 5.74) is 1.63. The molecule has 108 valence electrons. The van der Waals surface area contributed by atoms with Crippen molar-refractivity contribution in [2.24, 2.45) is 0 Å². The van der Waals surface area contributed by atoms with Gasteiger partial charge < -0.3 is 9.84 Å². The van der Waals surface area contributed by atoms with Crippen LogP contribution in [0.15, 0.2) is 48.7 Å². The Morgan fingerprint density at radius 1 is 1.24 bits per heavy atom. The summed E-state index contributed by atoms with van der Waals surface area (Å²) < 4.78 is 5.35. The highest BCUT2D eigenvalue weighted by atomic mass is 16.5. The van der Waals surface area contributed by atoms with E-state index in [0.29, 0.717) is 17.9 Å². The minimum absolute atomic E-state index is 0.00455. The molecule has 0 unspecified atom stereocenters. The number of benzene rings is 1. The molecule has 2 rings (SSSR count). The zero-order valence-corrected chi connectivity index (χ0v) is 11.9. The van der Waals surface area contributed by atoms with Crippen LogP contribution in [-0.4, -0.2) is 23.8 Å². The summed E-state index contributed by atoms with van der Waals surface area (Å²) >= 11 is 0. The molecule has 0 radical (unpaired) electrons. The molecule has 1 heterocycles. The number of aliphatic hydroxyl groups is 1. The van der Waals surface area contributed by atoms with E-state index in [1.54, 1.807) is 19.4 Å². The van der Waals surface area contributed by atoms with Crippen LogP contribution in [0.2, 0.25) is 0 Å². The van der Waals surface area contributed by atoms with E-state index in [1.165, 1.54) is 0 Å². The van der Waals surface area contributed by atoms with Gasteiger partial charge in [0, 0.05) is 18.7 Å². The van der Waals surface area contributed by atoms with Gasteiger partial charge in [-0.15, -0.1) is 0 Å². The van der Waals surface area contributed by atoms with Crippen molar-refractivity contribution in [3.8, 4) is 11.8 Å². The number of ether oxygens (including phenoxy) is 1. The zero-order valence-electron chi connectivity index (χ0n) is 11.9. The summed E-state index contributed by atoms with van der Waals surface area (Å²) in [4.78, 5) is 4.38. The predicted molar refractivity (Wildman–Crippen MR) is 80.0 cm³/mol. The highest BCUT2D eigenvalue weighted by molar-refractivity contribution is 5.36. The van der Waals surface area contributed by atoms with Crippen LogP contribution in [0.25, 0.3) is 0 Å². The Morgan fingerprint density at radius 3 is 2.62 bits per heavy atom. The predicted octanol–water partition coefficient (Wildman–Crippen LogP) is 2.86. The molecule has 0 bridgehead atoms. The van der Waals surface area contributed by atoms with Gasteiger partial charge in [-0.1, -0.05) is 30.3 Å². The second kappa shape index (κ2) is 7.41. The molecule has 1 aromatic carbocycles. The van der Waals surface area contributed by atoms with E-state index in [9.17, 15) is 10.4 Å². The summed E-state index contributed by atoms with van der Waals surface area (Å²) in [7, 11) is 1.58. The Morgan fingerprint density at radius 2 is 2.00 bits per heavy atom. The van der Waals surface area contributed by atoms with E-state index in [-0.39, 0.29) is 18.4 Å². The number of hydrogen-bond acceptors (Lipinski definition) is 4. The normalized spacial score (nSPS) is 13.2. The first-order chi connectivity index (χ1) is 10.3. The molecule has 0 aliphatic heterocycles. The van der Waals surface area contributed by atoms with Crippen molar-refractivity contribution >= 4 is 0 Å². The third-order valence-electron chi connectivity index (χ3n) is 3.51. The van der Waals surface area contributed by atoms with Crippen molar-refractivity contribution in [2.45, 2.75) is 18.3 Å². The van der Waals surface area contributed by atoms with E-state index in [4.69, 9.17) is 4.74 Å². The first kappa shape index (κ1) is 15.0. The highest BCUT2D eigenvalue weighted by Gasteiger charge is 2.28. The minimum Gasteiger partial charge on any atom is -0.495 e. The van der Waals surface area contributed by atoms with Crippen LogP contribution in [0.4, 0.5) is 0 Å². The molecule has 0 fully saturated rings. The van der Waals surface area contributed by atoms with Gasteiger partial charge in [0.15, 0.2) is 0 Å². The lowest BCUT2D eigenvalue weighted by Gasteiger charge is -2.22. The molecule has 0 aliphatic rings. The van der Waals surface area contributed by atoms with Crippen LogP contribution < -0.4 is 4.74 Å². The molecule has 0 aliphatic carbocycles. The molecule has 21 heavy (non-hydrogen) atoms. The Hall–Kier alpha value is -2.38. The van der Waals surface area contributed by atoms with Crippen LogP contribution in [0, 0.1) is 11.3 Å². The van der Waals surface area contributed by atoms with Crippen molar-refractivity contribution in [3.63, 3.8) is 0 Å². The smallest absolute Gasteiger partial charge is 0.140 e. The molecular weight excluding hydrogens is 264 g/mol. The Kier molecular flexibility index (Phi) is 5.30. The van der Waals surface area contributed by atoms with Crippen molar-refractivity contribution < 1.29 is 9.84 Å². The first-order valence-corrected chi connectivity index (χ1v) is 6.86. The van der Waals surface area contributed by atoms with Crippen molar-refractivity contribution in [2.75, 3.05) is 13.7 Å². The lowest BCUT2D eigenvalue weighted by atomic mass is 9.82. The fourth-order valence-corrected chi connectivity index (χ4v) is 2.51. The van der Waals surface area contributed by atoms with Gasteiger partial charge in [0.05, 0.1) is 24.8 Å². The van der Waals surface area contributed by atoms with Gasteiger partial charge >= 0.3 is 0 Å². The second-order valence-corrected chi connectivity index (χ2v) is 4.73. The van der Waals surface area contributed by atoms with Gasteiger partial charge in [-0.2, -0.15) is 5.26 Å². The number of rotatable bonds is 6. The van der Waals surface area contributed by atoms with Gasteiger partial charge in [-0.05, 0) is 24.1 Å². The Balaban J connectivity index is 2.44. The van der Waals surface area contributed by atoms with E-state index >= 15 is 0 Å². The molecular formula is C17H18N2O2. The molecule has 2 aromatic rings. The van der Waals surface area contributed by atoms with Gasteiger partial charge in [-0.25, -0.2) is 0 Å². The Labute approximate surface area is 124 Å². The van der Waals surface area contributed by atoms with Crippen LogP contribution in [0.3, 0.4) is 0 Å². The van der Waals surface area contributed by atoms with E-state index in [2.05, 4.69) is 11.1 Å². The quantitative estimate of drug-likeness (QED) is 0.884. The fourth-order valence-electron chi connectivity index (χ4n) is 2.51. The summed E-state index contributed by atoms with van der Waals surface area (Å²) in [5.74, 6) is 0.0628. The Bertz CT molecular complexity index is 608. The summed E-state index contributed by atoms with van der Waals surface area (Å²) in [6.45, 7) is -0.00455. The van der Waals surface area contributed by atoms with Crippen LogP contribution in [0.5, 0.6) is 5.75 Å². The molecule has 1 N–H and O–H groups in total. The molecule has 0 amide bonds. The van der Waals surface area contributed by atoms with E-state index in [0.717, 1.165) is 5.56 Å². The third kappa shape index (κ3) is 3.39. The molecule has 0 spiro atoms. The fraction of sp³-hybridized carbons (Fsp3) is 0.294. The number of nitriles is 1. The number of methoxy groups -OCH3 is 1. The molecule has 4 heteroatoms.